The van der Waals surface area contributed by atoms with Crippen molar-refractivity contribution >= 4 is 0 Å². The zero-order chi connectivity index (χ0) is 12.2. The zero-order valence-electron chi connectivity index (χ0n) is 11.1. The molecule has 0 saturated heterocycles. The molecule has 0 aromatic heterocycles. The molecule has 0 amide bonds. The fraction of sp³-hybridized carbons (Fsp3) is 0.571. The maximum absolute atomic E-state index is 5.89. The van der Waals surface area contributed by atoms with Gasteiger partial charge in [0.2, 0.25) is 0 Å². The van der Waals surface area contributed by atoms with Gasteiger partial charge in [0, 0.05) is 12.0 Å². The number of benzene rings is 1. The molecule has 0 aliphatic heterocycles. The van der Waals surface area contributed by atoms with Gasteiger partial charge in [-0.1, -0.05) is 26.0 Å². The van der Waals surface area contributed by atoms with Gasteiger partial charge in [-0.15, -0.1) is 0 Å². The van der Waals surface area contributed by atoms with Crippen molar-refractivity contribution in [2.75, 3.05) is 20.2 Å². The van der Waals surface area contributed by atoms with Crippen LogP contribution in [0.4, 0.5) is 0 Å². The van der Waals surface area contributed by atoms with Gasteiger partial charge in [0.05, 0.1) is 6.61 Å². The summed E-state index contributed by atoms with van der Waals surface area (Å²) in [6.45, 7) is 10.3. The van der Waals surface area contributed by atoms with Gasteiger partial charge in [0.1, 0.15) is 5.75 Å². The molecule has 0 aliphatic rings. The molecule has 1 aromatic carbocycles. The van der Waals surface area contributed by atoms with E-state index in [1.54, 1.807) is 0 Å². The van der Waals surface area contributed by atoms with Crippen LogP contribution in [0.1, 0.15) is 25.0 Å². The van der Waals surface area contributed by atoms with Crippen LogP contribution in [-0.4, -0.2) is 20.2 Å². The minimum Gasteiger partial charge on any atom is -0.493 e. The molecule has 0 bridgehead atoms. The van der Waals surface area contributed by atoms with Crippen molar-refractivity contribution in [3.8, 4) is 5.75 Å². The summed E-state index contributed by atoms with van der Waals surface area (Å²) in [7, 11) is 1.97. The van der Waals surface area contributed by atoms with E-state index in [2.05, 4.69) is 51.2 Å². The predicted molar refractivity (Wildman–Crippen MR) is 69.1 cm³/mol. The SMILES string of the molecule is CNCC(C)(C)COc1cc(C)ccc1C. The van der Waals surface area contributed by atoms with Gasteiger partial charge in [-0.25, -0.2) is 0 Å². The summed E-state index contributed by atoms with van der Waals surface area (Å²) in [5.74, 6) is 1.00. The highest BCUT2D eigenvalue weighted by Gasteiger charge is 2.18. The molecule has 2 heteroatoms. The molecule has 0 heterocycles. The smallest absolute Gasteiger partial charge is 0.122 e. The Kier molecular flexibility index (Phi) is 4.36. The summed E-state index contributed by atoms with van der Waals surface area (Å²) >= 11 is 0. The Hall–Kier alpha value is -1.02. The highest BCUT2D eigenvalue weighted by Crippen LogP contribution is 2.22. The predicted octanol–water partition coefficient (Wildman–Crippen LogP) is 2.93. The van der Waals surface area contributed by atoms with E-state index in [1.807, 2.05) is 7.05 Å². The third-order valence-corrected chi connectivity index (χ3v) is 2.62. The Bertz CT molecular complexity index is 345. The van der Waals surface area contributed by atoms with Crippen LogP contribution in [0, 0.1) is 19.3 Å². The molecule has 0 radical (unpaired) electrons. The lowest BCUT2D eigenvalue weighted by Crippen LogP contribution is -2.32. The monoisotopic (exact) mass is 221 g/mol. The van der Waals surface area contributed by atoms with Crippen molar-refractivity contribution in [1.29, 1.82) is 0 Å². The fourth-order valence-electron chi connectivity index (χ4n) is 1.67. The van der Waals surface area contributed by atoms with Crippen LogP contribution in [0.5, 0.6) is 5.75 Å². The first-order valence-corrected chi connectivity index (χ1v) is 5.79. The molecule has 0 fully saturated rings. The van der Waals surface area contributed by atoms with Gasteiger partial charge < -0.3 is 10.1 Å². The third-order valence-electron chi connectivity index (χ3n) is 2.62. The summed E-state index contributed by atoms with van der Waals surface area (Å²) in [4.78, 5) is 0. The Morgan fingerprint density at radius 3 is 2.56 bits per heavy atom. The molecule has 16 heavy (non-hydrogen) atoms. The van der Waals surface area contributed by atoms with Crippen molar-refractivity contribution in [3.05, 3.63) is 29.3 Å². The average molecular weight is 221 g/mol. The van der Waals surface area contributed by atoms with Crippen LogP contribution in [0.15, 0.2) is 18.2 Å². The highest BCUT2D eigenvalue weighted by atomic mass is 16.5. The Balaban J connectivity index is 2.63. The molecule has 0 saturated carbocycles. The molecular weight excluding hydrogens is 198 g/mol. The van der Waals surface area contributed by atoms with Gasteiger partial charge in [0.15, 0.2) is 0 Å². The molecule has 1 aromatic rings. The summed E-state index contributed by atoms with van der Waals surface area (Å²) in [6.07, 6.45) is 0. The fourth-order valence-corrected chi connectivity index (χ4v) is 1.67. The van der Waals surface area contributed by atoms with Crippen molar-refractivity contribution in [3.63, 3.8) is 0 Å². The van der Waals surface area contributed by atoms with Crippen LogP contribution in [0.25, 0.3) is 0 Å². The van der Waals surface area contributed by atoms with Crippen LogP contribution >= 0.6 is 0 Å². The van der Waals surface area contributed by atoms with E-state index >= 15 is 0 Å². The van der Waals surface area contributed by atoms with E-state index in [9.17, 15) is 0 Å². The molecular formula is C14H23NO. The second kappa shape index (κ2) is 5.35. The van der Waals surface area contributed by atoms with Crippen molar-refractivity contribution in [1.82, 2.24) is 5.32 Å². The first-order chi connectivity index (χ1) is 7.44. The summed E-state index contributed by atoms with van der Waals surface area (Å²) in [5.41, 5.74) is 2.60. The summed E-state index contributed by atoms with van der Waals surface area (Å²) in [5, 5.41) is 3.19. The van der Waals surface area contributed by atoms with E-state index in [0.717, 1.165) is 18.9 Å². The standard InChI is InChI=1S/C14H23NO/c1-11-6-7-12(2)13(8-11)16-10-14(3,4)9-15-5/h6-8,15H,9-10H2,1-5H3. The van der Waals surface area contributed by atoms with Gasteiger partial charge in [-0.05, 0) is 38.1 Å². The Morgan fingerprint density at radius 1 is 1.25 bits per heavy atom. The molecule has 0 spiro atoms. The van der Waals surface area contributed by atoms with Crippen LogP contribution < -0.4 is 10.1 Å². The minimum atomic E-state index is 0.158. The van der Waals surface area contributed by atoms with Gasteiger partial charge in [-0.3, -0.25) is 0 Å². The first-order valence-electron chi connectivity index (χ1n) is 5.79. The minimum absolute atomic E-state index is 0.158. The lowest BCUT2D eigenvalue weighted by atomic mass is 9.95. The Labute approximate surface area is 99.0 Å². The van der Waals surface area contributed by atoms with E-state index in [-0.39, 0.29) is 5.41 Å². The van der Waals surface area contributed by atoms with Crippen LogP contribution in [0.2, 0.25) is 0 Å². The topological polar surface area (TPSA) is 21.3 Å². The van der Waals surface area contributed by atoms with E-state index in [4.69, 9.17) is 4.74 Å². The van der Waals surface area contributed by atoms with E-state index in [0.29, 0.717) is 0 Å². The number of aryl methyl sites for hydroxylation is 2. The van der Waals surface area contributed by atoms with Crippen molar-refractivity contribution in [2.24, 2.45) is 5.41 Å². The number of hydrogen-bond donors (Lipinski definition) is 1. The first kappa shape index (κ1) is 13.0. The summed E-state index contributed by atoms with van der Waals surface area (Å²) < 4.78 is 5.89. The van der Waals surface area contributed by atoms with Crippen molar-refractivity contribution < 1.29 is 4.74 Å². The lowest BCUT2D eigenvalue weighted by molar-refractivity contribution is 0.178. The highest BCUT2D eigenvalue weighted by molar-refractivity contribution is 5.35. The summed E-state index contributed by atoms with van der Waals surface area (Å²) in [6, 6.07) is 6.32. The molecule has 1 rings (SSSR count). The quantitative estimate of drug-likeness (QED) is 0.825. The third kappa shape index (κ3) is 3.86. The molecule has 1 N–H and O–H groups in total. The number of ether oxygens (including phenoxy) is 1. The largest absolute Gasteiger partial charge is 0.493 e. The van der Waals surface area contributed by atoms with E-state index < -0.39 is 0 Å². The number of nitrogens with one attached hydrogen (secondary N) is 1. The maximum atomic E-state index is 5.89. The van der Waals surface area contributed by atoms with Crippen molar-refractivity contribution in [2.45, 2.75) is 27.7 Å². The average Bonchev–Trinajstić information content (AvgIpc) is 2.19. The Morgan fingerprint density at radius 2 is 1.94 bits per heavy atom. The van der Waals surface area contributed by atoms with E-state index in [1.165, 1.54) is 11.1 Å². The lowest BCUT2D eigenvalue weighted by Gasteiger charge is -2.24. The molecule has 0 aliphatic carbocycles. The molecule has 90 valence electrons. The van der Waals surface area contributed by atoms with Gasteiger partial charge in [0.25, 0.3) is 0 Å². The molecule has 0 unspecified atom stereocenters. The van der Waals surface area contributed by atoms with Gasteiger partial charge in [-0.2, -0.15) is 0 Å². The molecule has 2 nitrogen and oxygen atoms in total. The number of rotatable bonds is 5. The second-order valence-corrected chi connectivity index (χ2v) is 5.25. The van der Waals surface area contributed by atoms with Crippen LogP contribution in [-0.2, 0) is 0 Å². The van der Waals surface area contributed by atoms with Gasteiger partial charge >= 0.3 is 0 Å². The van der Waals surface area contributed by atoms with Crippen LogP contribution in [0.3, 0.4) is 0 Å². The normalized spacial score (nSPS) is 11.6. The second-order valence-electron chi connectivity index (χ2n) is 5.25. The molecule has 0 atom stereocenters. The maximum Gasteiger partial charge on any atom is 0.122 e. The zero-order valence-corrected chi connectivity index (χ0v) is 11.1. The number of hydrogen-bond acceptors (Lipinski definition) is 2.